The normalized spacial score (nSPS) is 15.8. The highest BCUT2D eigenvalue weighted by molar-refractivity contribution is 5.97. The number of nitrogens with zero attached hydrogens (tertiary/aromatic N) is 1. The summed E-state index contributed by atoms with van der Waals surface area (Å²) in [5.41, 5.74) is 4.58. The smallest absolute Gasteiger partial charge is 0.227 e. The molecule has 0 saturated carbocycles. The van der Waals surface area contributed by atoms with Gasteiger partial charge in [0.15, 0.2) is 0 Å². The number of nitrogens with one attached hydrogen (secondary N) is 3. The molecule has 0 spiro atoms. The van der Waals surface area contributed by atoms with E-state index in [1.54, 1.807) is 0 Å². The van der Waals surface area contributed by atoms with Crippen LogP contribution in [-0.4, -0.2) is 21.8 Å². The van der Waals surface area contributed by atoms with Crippen LogP contribution in [0.3, 0.4) is 0 Å². The molecule has 0 radical (unpaired) electrons. The maximum atomic E-state index is 12.4. The number of rotatable bonds is 7. The van der Waals surface area contributed by atoms with Crippen LogP contribution in [0.4, 0.5) is 11.4 Å². The van der Waals surface area contributed by atoms with Crippen LogP contribution in [-0.2, 0) is 22.4 Å². The molecule has 2 aromatic carbocycles. The molecule has 4 rings (SSSR count). The molecule has 3 aromatic rings. The monoisotopic (exact) mass is 390 g/mol. The number of benzene rings is 2. The number of unbranched alkanes of at least 4 members (excludes halogenated alkanes) is 1. The fourth-order valence-electron chi connectivity index (χ4n) is 3.78. The highest BCUT2D eigenvalue weighted by Crippen LogP contribution is 2.27. The summed E-state index contributed by atoms with van der Waals surface area (Å²) in [6, 6.07) is 13.5. The number of H-pyrrole nitrogens is 1. The van der Waals surface area contributed by atoms with Crippen LogP contribution in [0.15, 0.2) is 42.5 Å². The number of aryl methyl sites for hydroxylation is 1. The van der Waals surface area contributed by atoms with Gasteiger partial charge in [0, 0.05) is 30.1 Å². The minimum absolute atomic E-state index is 0.00464. The number of hydrogen-bond acceptors (Lipinski definition) is 3. The third-order valence-electron chi connectivity index (χ3n) is 5.41. The van der Waals surface area contributed by atoms with Crippen molar-refractivity contribution in [1.29, 1.82) is 0 Å². The van der Waals surface area contributed by atoms with E-state index in [2.05, 4.69) is 27.5 Å². The number of aromatic nitrogens is 2. The second kappa shape index (κ2) is 8.47. The summed E-state index contributed by atoms with van der Waals surface area (Å²) in [6.45, 7) is 2.16. The summed E-state index contributed by atoms with van der Waals surface area (Å²) in [4.78, 5) is 32.6. The first-order valence-electron chi connectivity index (χ1n) is 10.3. The van der Waals surface area contributed by atoms with Crippen LogP contribution >= 0.6 is 0 Å². The quantitative estimate of drug-likeness (QED) is 0.557. The SMILES string of the molecule is CCCCc1nc2ccc(NC(=O)CC[C@H]3Cc4ccccc4NC3=O)cc2[nH]1. The Balaban J connectivity index is 1.34. The Hall–Kier alpha value is -3.15. The van der Waals surface area contributed by atoms with Crippen molar-refractivity contribution < 1.29 is 9.59 Å². The molecular formula is C23H26N4O2. The van der Waals surface area contributed by atoms with Gasteiger partial charge in [-0.05, 0) is 49.1 Å². The second-order valence-corrected chi connectivity index (χ2v) is 7.65. The van der Waals surface area contributed by atoms with Crippen LogP contribution in [0.5, 0.6) is 0 Å². The highest BCUT2D eigenvalue weighted by atomic mass is 16.2. The Labute approximate surface area is 170 Å². The predicted octanol–water partition coefficient (Wildman–Crippen LogP) is 4.44. The number of para-hydroxylation sites is 1. The van der Waals surface area contributed by atoms with Crippen molar-refractivity contribution in [3.63, 3.8) is 0 Å². The van der Waals surface area contributed by atoms with Crippen LogP contribution in [0.25, 0.3) is 11.0 Å². The van der Waals surface area contributed by atoms with E-state index in [4.69, 9.17) is 0 Å². The van der Waals surface area contributed by atoms with Crippen molar-refractivity contribution in [3.8, 4) is 0 Å². The number of fused-ring (bicyclic) bond motifs is 2. The number of aromatic amines is 1. The Kier molecular flexibility index (Phi) is 5.60. The van der Waals surface area contributed by atoms with E-state index in [0.717, 1.165) is 53.1 Å². The van der Waals surface area contributed by atoms with Crippen molar-refractivity contribution in [1.82, 2.24) is 9.97 Å². The largest absolute Gasteiger partial charge is 0.342 e. The molecule has 2 amide bonds. The lowest BCUT2D eigenvalue weighted by Crippen LogP contribution is -2.30. The van der Waals surface area contributed by atoms with Crippen molar-refractivity contribution in [2.45, 2.75) is 45.4 Å². The van der Waals surface area contributed by atoms with Crippen LogP contribution in [0, 0.1) is 5.92 Å². The lowest BCUT2D eigenvalue weighted by atomic mass is 9.89. The maximum Gasteiger partial charge on any atom is 0.227 e. The number of carbonyl (C=O) groups excluding carboxylic acids is 2. The molecule has 0 fully saturated rings. The summed E-state index contributed by atoms with van der Waals surface area (Å²) >= 11 is 0. The number of anilines is 2. The molecule has 2 heterocycles. The van der Waals surface area contributed by atoms with Gasteiger partial charge >= 0.3 is 0 Å². The zero-order valence-electron chi connectivity index (χ0n) is 16.6. The van der Waals surface area contributed by atoms with Gasteiger partial charge in [-0.3, -0.25) is 9.59 Å². The minimum atomic E-state index is -0.174. The van der Waals surface area contributed by atoms with Crippen LogP contribution < -0.4 is 10.6 Å². The third-order valence-corrected chi connectivity index (χ3v) is 5.41. The second-order valence-electron chi connectivity index (χ2n) is 7.65. The summed E-state index contributed by atoms with van der Waals surface area (Å²) in [5.74, 6) is 0.720. The summed E-state index contributed by atoms with van der Waals surface area (Å²) in [7, 11) is 0. The molecule has 0 unspecified atom stereocenters. The molecule has 6 heteroatoms. The molecule has 1 aliphatic rings. The van der Waals surface area contributed by atoms with E-state index in [9.17, 15) is 9.59 Å². The van der Waals surface area contributed by atoms with Crippen molar-refractivity contribution in [2.24, 2.45) is 5.92 Å². The average Bonchev–Trinajstić information content (AvgIpc) is 3.12. The van der Waals surface area contributed by atoms with Crippen molar-refractivity contribution >= 4 is 34.2 Å². The topological polar surface area (TPSA) is 86.9 Å². The molecule has 3 N–H and O–H groups in total. The maximum absolute atomic E-state index is 12.4. The van der Waals surface area contributed by atoms with E-state index in [0.29, 0.717) is 19.3 Å². The molecule has 1 aromatic heterocycles. The predicted molar refractivity (Wildman–Crippen MR) is 115 cm³/mol. The lowest BCUT2D eigenvalue weighted by Gasteiger charge is -2.24. The summed E-state index contributed by atoms with van der Waals surface area (Å²) in [6.07, 6.45) is 4.67. The van der Waals surface area contributed by atoms with Gasteiger partial charge in [-0.25, -0.2) is 4.98 Å². The molecule has 6 nitrogen and oxygen atoms in total. The van der Waals surface area contributed by atoms with E-state index in [1.165, 1.54) is 0 Å². The molecule has 29 heavy (non-hydrogen) atoms. The molecule has 1 aliphatic heterocycles. The summed E-state index contributed by atoms with van der Waals surface area (Å²) in [5, 5.41) is 5.88. The van der Waals surface area contributed by atoms with Gasteiger partial charge < -0.3 is 15.6 Å². The lowest BCUT2D eigenvalue weighted by molar-refractivity contribution is -0.121. The van der Waals surface area contributed by atoms with Crippen LogP contribution in [0.1, 0.15) is 44.0 Å². The number of carbonyl (C=O) groups is 2. The van der Waals surface area contributed by atoms with Gasteiger partial charge in [-0.15, -0.1) is 0 Å². The molecular weight excluding hydrogens is 364 g/mol. The minimum Gasteiger partial charge on any atom is -0.342 e. The fraction of sp³-hybridized carbons (Fsp3) is 0.348. The fourth-order valence-corrected chi connectivity index (χ4v) is 3.78. The van der Waals surface area contributed by atoms with E-state index in [-0.39, 0.29) is 17.7 Å². The van der Waals surface area contributed by atoms with E-state index < -0.39 is 0 Å². The van der Waals surface area contributed by atoms with Crippen LogP contribution in [0.2, 0.25) is 0 Å². The molecule has 1 atom stereocenters. The first-order valence-corrected chi connectivity index (χ1v) is 10.3. The molecule has 0 bridgehead atoms. The first kappa shape index (κ1) is 19.2. The van der Waals surface area contributed by atoms with Gasteiger partial charge in [-0.2, -0.15) is 0 Å². The van der Waals surface area contributed by atoms with Gasteiger partial charge in [0.05, 0.1) is 11.0 Å². The molecule has 0 aliphatic carbocycles. The van der Waals surface area contributed by atoms with Crippen molar-refractivity contribution in [3.05, 3.63) is 53.9 Å². The van der Waals surface area contributed by atoms with E-state index >= 15 is 0 Å². The van der Waals surface area contributed by atoms with Gasteiger partial charge in [0.2, 0.25) is 11.8 Å². The first-order chi connectivity index (χ1) is 14.1. The Morgan fingerprint density at radius 2 is 2.10 bits per heavy atom. The van der Waals surface area contributed by atoms with Gasteiger partial charge in [-0.1, -0.05) is 31.5 Å². The van der Waals surface area contributed by atoms with Crippen molar-refractivity contribution in [2.75, 3.05) is 10.6 Å². The Morgan fingerprint density at radius 1 is 1.24 bits per heavy atom. The van der Waals surface area contributed by atoms with Gasteiger partial charge in [0.25, 0.3) is 0 Å². The average molecular weight is 390 g/mol. The van der Waals surface area contributed by atoms with Gasteiger partial charge in [0.1, 0.15) is 5.82 Å². The standard InChI is InChI=1S/C23H26N4O2/c1-2-3-8-21-25-19-11-10-17(14-20(19)26-21)24-22(28)12-9-16-13-15-6-4-5-7-18(15)27-23(16)29/h4-7,10-11,14,16H,2-3,8-9,12-13H2,1H3,(H,24,28)(H,25,26)(H,27,29)/t16-/m0/s1. The number of amides is 2. The Morgan fingerprint density at radius 3 is 2.97 bits per heavy atom. The zero-order chi connectivity index (χ0) is 20.2. The zero-order valence-corrected chi connectivity index (χ0v) is 16.6. The third kappa shape index (κ3) is 4.47. The number of hydrogen-bond donors (Lipinski definition) is 3. The molecule has 0 saturated heterocycles. The van der Waals surface area contributed by atoms with E-state index in [1.807, 2.05) is 42.5 Å². The highest BCUT2D eigenvalue weighted by Gasteiger charge is 2.26. The summed E-state index contributed by atoms with van der Waals surface area (Å²) < 4.78 is 0. The Bertz CT molecular complexity index is 1040. The molecule has 150 valence electrons. The number of imidazole rings is 1.